The zero-order chi connectivity index (χ0) is 13.0. The zero-order valence-corrected chi connectivity index (χ0v) is 9.91. The Balaban J connectivity index is 2.01. The van der Waals surface area contributed by atoms with Crippen LogP contribution in [0.3, 0.4) is 0 Å². The Labute approximate surface area is 104 Å². The van der Waals surface area contributed by atoms with Crippen molar-refractivity contribution in [3.8, 4) is 0 Å². The molecule has 0 aliphatic carbocycles. The number of nitrogens with one attached hydrogen (secondary N) is 2. The average Bonchev–Trinajstić information content (AvgIpc) is 2.88. The van der Waals surface area contributed by atoms with Crippen molar-refractivity contribution in [3.63, 3.8) is 0 Å². The van der Waals surface area contributed by atoms with Gasteiger partial charge >= 0.3 is 0 Å². The second-order valence-corrected chi connectivity index (χ2v) is 4.15. The van der Waals surface area contributed by atoms with E-state index in [2.05, 4.69) is 10.7 Å². The summed E-state index contributed by atoms with van der Waals surface area (Å²) in [5.41, 5.74) is 2.40. The number of halogens is 1. The molecule has 0 saturated carbocycles. The Morgan fingerprint density at radius 3 is 3.06 bits per heavy atom. The molecular weight excluding hydrogens is 237 g/mol. The maximum atomic E-state index is 13.4. The van der Waals surface area contributed by atoms with Gasteiger partial charge in [0.25, 0.3) is 5.91 Å². The van der Waals surface area contributed by atoms with Crippen LogP contribution in [0, 0.1) is 5.82 Å². The predicted octanol–water partition coefficient (Wildman–Crippen LogP) is 1.02. The number of ether oxygens (including phenoxy) is 1. The topological polar surface area (TPSA) is 76.4 Å². The summed E-state index contributed by atoms with van der Waals surface area (Å²) in [5, 5.41) is 2.72. The SMILES string of the molecule is NNc1c(F)cccc1C(=O)NCC1CCCO1. The summed E-state index contributed by atoms with van der Waals surface area (Å²) >= 11 is 0. The summed E-state index contributed by atoms with van der Waals surface area (Å²) in [4.78, 5) is 11.9. The Hall–Kier alpha value is -1.66. The molecule has 1 atom stereocenters. The van der Waals surface area contributed by atoms with Crippen molar-refractivity contribution in [3.05, 3.63) is 29.6 Å². The smallest absolute Gasteiger partial charge is 0.253 e. The van der Waals surface area contributed by atoms with Crippen LogP contribution in [0.1, 0.15) is 23.2 Å². The molecule has 0 aromatic heterocycles. The van der Waals surface area contributed by atoms with Gasteiger partial charge in [-0.25, -0.2) is 4.39 Å². The first-order chi connectivity index (χ1) is 8.72. The van der Waals surface area contributed by atoms with Gasteiger partial charge in [0, 0.05) is 13.2 Å². The summed E-state index contributed by atoms with van der Waals surface area (Å²) in [6.07, 6.45) is 2.00. The third-order valence-corrected chi connectivity index (χ3v) is 2.92. The number of amides is 1. The molecule has 1 saturated heterocycles. The Bertz CT molecular complexity index is 433. The molecule has 1 aromatic carbocycles. The lowest BCUT2D eigenvalue weighted by molar-refractivity contribution is 0.0858. The van der Waals surface area contributed by atoms with E-state index >= 15 is 0 Å². The highest BCUT2D eigenvalue weighted by Gasteiger charge is 2.18. The molecule has 4 N–H and O–H groups in total. The van der Waals surface area contributed by atoms with Gasteiger partial charge in [-0.15, -0.1) is 0 Å². The fourth-order valence-corrected chi connectivity index (χ4v) is 1.97. The number of carbonyl (C=O) groups excluding carboxylic acids is 1. The fourth-order valence-electron chi connectivity index (χ4n) is 1.97. The van der Waals surface area contributed by atoms with Gasteiger partial charge in [0.15, 0.2) is 0 Å². The number of hydrogen-bond donors (Lipinski definition) is 3. The molecule has 1 unspecified atom stereocenters. The predicted molar refractivity (Wildman–Crippen MR) is 65.5 cm³/mol. The van der Waals surface area contributed by atoms with E-state index in [1.54, 1.807) is 0 Å². The molecule has 0 bridgehead atoms. The molecule has 98 valence electrons. The first-order valence-corrected chi connectivity index (χ1v) is 5.87. The van der Waals surface area contributed by atoms with Gasteiger partial charge in [0.2, 0.25) is 0 Å². The first-order valence-electron chi connectivity index (χ1n) is 5.87. The van der Waals surface area contributed by atoms with Gasteiger partial charge in [-0.1, -0.05) is 6.07 Å². The molecule has 18 heavy (non-hydrogen) atoms. The maximum absolute atomic E-state index is 13.4. The van der Waals surface area contributed by atoms with Gasteiger partial charge in [0.05, 0.1) is 17.4 Å². The summed E-state index contributed by atoms with van der Waals surface area (Å²) in [5.74, 6) is 4.30. The van der Waals surface area contributed by atoms with Crippen LogP contribution in [0.5, 0.6) is 0 Å². The van der Waals surface area contributed by atoms with Gasteiger partial charge in [-0.3, -0.25) is 10.6 Å². The number of para-hydroxylation sites is 1. The summed E-state index contributed by atoms with van der Waals surface area (Å²) in [6, 6.07) is 4.23. The van der Waals surface area contributed by atoms with E-state index < -0.39 is 5.82 Å². The Morgan fingerprint density at radius 2 is 2.39 bits per heavy atom. The zero-order valence-electron chi connectivity index (χ0n) is 9.91. The van der Waals surface area contributed by atoms with Crippen molar-refractivity contribution in [2.45, 2.75) is 18.9 Å². The number of hydrazine groups is 1. The first kappa shape index (κ1) is 12.8. The lowest BCUT2D eigenvalue weighted by Gasteiger charge is -2.13. The van der Waals surface area contributed by atoms with E-state index in [1.165, 1.54) is 18.2 Å². The number of rotatable bonds is 4. The van der Waals surface area contributed by atoms with Crippen LogP contribution < -0.4 is 16.6 Å². The maximum Gasteiger partial charge on any atom is 0.253 e. The van der Waals surface area contributed by atoms with Crippen LogP contribution in [-0.2, 0) is 4.74 Å². The molecule has 1 aliphatic heterocycles. The van der Waals surface area contributed by atoms with E-state index in [-0.39, 0.29) is 23.3 Å². The highest BCUT2D eigenvalue weighted by molar-refractivity contribution is 5.99. The van der Waals surface area contributed by atoms with Crippen molar-refractivity contribution in [1.82, 2.24) is 5.32 Å². The average molecular weight is 253 g/mol. The van der Waals surface area contributed by atoms with Gasteiger partial charge in [-0.05, 0) is 25.0 Å². The van der Waals surface area contributed by atoms with Crippen LogP contribution >= 0.6 is 0 Å². The largest absolute Gasteiger partial charge is 0.376 e. The van der Waals surface area contributed by atoms with Crippen LogP contribution in [0.4, 0.5) is 10.1 Å². The fraction of sp³-hybridized carbons (Fsp3) is 0.417. The number of carbonyl (C=O) groups is 1. The van der Waals surface area contributed by atoms with Crippen LogP contribution in [-0.4, -0.2) is 25.2 Å². The molecule has 0 radical (unpaired) electrons. The van der Waals surface area contributed by atoms with Crippen LogP contribution in [0.15, 0.2) is 18.2 Å². The monoisotopic (exact) mass is 253 g/mol. The quantitative estimate of drug-likeness (QED) is 0.553. The molecule has 1 aliphatic rings. The molecule has 1 aromatic rings. The number of nitrogens with two attached hydrogens (primary N) is 1. The van der Waals surface area contributed by atoms with Crippen molar-refractivity contribution in [2.75, 3.05) is 18.6 Å². The number of nitrogen functional groups attached to an aromatic ring is 1. The minimum Gasteiger partial charge on any atom is -0.376 e. The Kier molecular flexibility index (Phi) is 4.11. The minimum atomic E-state index is -0.553. The third-order valence-electron chi connectivity index (χ3n) is 2.92. The molecule has 1 heterocycles. The normalized spacial score (nSPS) is 18.7. The van der Waals surface area contributed by atoms with Crippen molar-refractivity contribution >= 4 is 11.6 Å². The number of benzene rings is 1. The molecule has 6 heteroatoms. The molecule has 5 nitrogen and oxygen atoms in total. The standard InChI is InChI=1S/C12H16FN3O2/c13-10-5-1-4-9(11(10)16-14)12(17)15-7-8-3-2-6-18-8/h1,4-5,8,16H,2-3,6-7,14H2,(H,15,17). The van der Waals surface area contributed by atoms with Gasteiger partial charge in [0.1, 0.15) is 5.82 Å². The molecule has 1 fully saturated rings. The van der Waals surface area contributed by atoms with Gasteiger partial charge < -0.3 is 15.5 Å². The molecule has 1 amide bonds. The Morgan fingerprint density at radius 1 is 1.56 bits per heavy atom. The lowest BCUT2D eigenvalue weighted by atomic mass is 10.1. The number of hydrogen-bond acceptors (Lipinski definition) is 4. The summed E-state index contributed by atoms with van der Waals surface area (Å²) in [7, 11) is 0. The molecule has 0 spiro atoms. The minimum absolute atomic E-state index is 0.00217. The second kappa shape index (κ2) is 5.79. The van der Waals surface area contributed by atoms with E-state index in [4.69, 9.17) is 10.6 Å². The summed E-state index contributed by atoms with van der Waals surface area (Å²) in [6.45, 7) is 1.16. The van der Waals surface area contributed by atoms with Crippen molar-refractivity contribution in [1.29, 1.82) is 0 Å². The van der Waals surface area contributed by atoms with Crippen molar-refractivity contribution in [2.24, 2.45) is 5.84 Å². The third kappa shape index (κ3) is 2.77. The van der Waals surface area contributed by atoms with Crippen molar-refractivity contribution < 1.29 is 13.9 Å². The van der Waals surface area contributed by atoms with E-state index in [0.717, 1.165) is 19.4 Å². The molecule has 2 rings (SSSR count). The second-order valence-electron chi connectivity index (χ2n) is 4.15. The van der Waals surface area contributed by atoms with Crippen LogP contribution in [0.2, 0.25) is 0 Å². The summed E-state index contributed by atoms with van der Waals surface area (Å²) < 4.78 is 18.8. The highest BCUT2D eigenvalue weighted by Crippen LogP contribution is 2.18. The number of anilines is 1. The van der Waals surface area contributed by atoms with Gasteiger partial charge in [-0.2, -0.15) is 0 Å². The lowest BCUT2D eigenvalue weighted by Crippen LogP contribution is -2.32. The van der Waals surface area contributed by atoms with Crippen LogP contribution in [0.25, 0.3) is 0 Å². The molecular formula is C12H16FN3O2. The highest BCUT2D eigenvalue weighted by atomic mass is 19.1. The van der Waals surface area contributed by atoms with E-state index in [9.17, 15) is 9.18 Å². The van der Waals surface area contributed by atoms with E-state index in [0.29, 0.717) is 6.54 Å². The van der Waals surface area contributed by atoms with E-state index in [1.807, 2.05) is 0 Å².